The molecule has 0 aromatic carbocycles. The molecule has 2 atom stereocenters. The van der Waals surface area contributed by atoms with Crippen LogP contribution >= 0.6 is 11.8 Å². The number of nitrogens with zero attached hydrogens (tertiary/aromatic N) is 1. The van der Waals surface area contributed by atoms with Crippen molar-refractivity contribution in [2.45, 2.75) is 51.8 Å². The maximum absolute atomic E-state index is 12.1. The number of nitrogens with one attached hydrogen (secondary N) is 1. The van der Waals surface area contributed by atoms with Crippen LogP contribution in [0, 0.1) is 5.92 Å². The fourth-order valence-electron chi connectivity index (χ4n) is 2.10. The van der Waals surface area contributed by atoms with Crippen molar-refractivity contribution in [3.63, 3.8) is 0 Å². The zero-order chi connectivity index (χ0) is 14.4. The Bertz CT molecular complexity index is 321. The van der Waals surface area contributed by atoms with Gasteiger partial charge in [0.1, 0.15) is 0 Å². The largest absolute Gasteiger partial charge is 0.352 e. The third kappa shape index (κ3) is 5.85. The van der Waals surface area contributed by atoms with E-state index >= 15 is 0 Å². The molecule has 0 spiro atoms. The molecule has 0 aromatic rings. The first-order chi connectivity index (χ1) is 8.90. The second-order valence-corrected chi connectivity index (χ2v) is 7.01. The maximum Gasteiger partial charge on any atom is 0.232 e. The first-order valence-corrected chi connectivity index (χ1v) is 8.11. The van der Waals surface area contributed by atoms with Gasteiger partial charge in [-0.15, -0.1) is 11.8 Å². The predicted molar refractivity (Wildman–Crippen MR) is 80.2 cm³/mol. The van der Waals surface area contributed by atoms with Crippen LogP contribution in [0.25, 0.3) is 0 Å². The lowest BCUT2D eigenvalue weighted by Crippen LogP contribution is -2.49. The van der Waals surface area contributed by atoms with Crippen LogP contribution in [0.1, 0.15) is 40.5 Å². The van der Waals surface area contributed by atoms with Crippen LogP contribution in [0.5, 0.6) is 0 Å². The van der Waals surface area contributed by atoms with Gasteiger partial charge in [-0.2, -0.15) is 0 Å². The average molecular weight is 286 g/mol. The van der Waals surface area contributed by atoms with Crippen LogP contribution in [-0.2, 0) is 9.59 Å². The fraction of sp³-hybridized carbons (Fsp3) is 0.857. The molecule has 110 valence electrons. The lowest BCUT2D eigenvalue weighted by atomic mass is 10.1. The molecule has 1 N–H and O–H groups in total. The van der Waals surface area contributed by atoms with E-state index in [1.807, 2.05) is 4.90 Å². The highest BCUT2D eigenvalue weighted by Crippen LogP contribution is 2.20. The van der Waals surface area contributed by atoms with E-state index in [-0.39, 0.29) is 17.9 Å². The molecule has 1 saturated heterocycles. The summed E-state index contributed by atoms with van der Waals surface area (Å²) in [6.07, 6.45) is 1.94. The highest BCUT2D eigenvalue weighted by atomic mass is 32.2. The highest BCUT2D eigenvalue weighted by Gasteiger charge is 2.24. The van der Waals surface area contributed by atoms with Crippen molar-refractivity contribution in [2.24, 2.45) is 5.92 Å². The molecule has 0 aromatic heterocycles. The second kappa shape index (κ2) is 7.78. The fourth-order valence-corrected chi connectivity index (χ4v) is 3.07. The summed E-state index contributed by atoms with van der Waals surface area (Å²) in [5.74, 6) is 1.33. The molecular weight excluding hydrogens is 260 g/mol. The Hall–Kier alpha value is -0.710. The van der Waals surface area contributed by atoms with Crippen molar-refractivity contribution in [1.82, 2.24) is 10.2 Å². The Balaban J connectivity index is 2.37. The minimum Gasteiger partial charge on any atom is -0.352 e. The zero-order valence-electron chi connectivity index (χ0n) is 12.4. The Morgan fingerprint density at radius 3 is 2.63 bits per heavy atom. The van der Waals surface area contributed by atoms with Crippen molar-refractivity contribution in [3.05, 3.63) is 0 Å². The van der Waals surface area contributed by atoms with E-state index < -0.39 is 0 Å². The molecule has 0 aliphatic carbocycles. The molecule has 0 bridgehead atoms. The summed E-state index contributed by atoms with van der Waals surface area (Å²) >= 11 is 1.72. The number of hydrogen-bond donors (Lipinski definition) is 1. The monoisotopic (exact) mass is 286 g/mol. The summed E-state index contributed by atoms with van der Waals surface area (Å²) < 4.78 is 0. The molecule has 19 heavy (non-hydrogen) atoms. The topological polar surface area (TPSA) is 49.4 Å². The Labute approximate surface area is 120 Å². The standard InChI is InChI=1S/C14H26N2O2S/c1-10(2)11(3)19-9-14(18)16-7-5-6-13(8-16)15-12(4)17/h10-11,13H,5-9H2,1-4H3,(H,15,17)/t11-,13+/m0/s1. The van der Waals surface area contributed by atoms with Crippen LogP contribution in [0.3, 0.4) is 0 Å². The summed E-state index contributed by atoms with van der Waals surface area (Å²) in [6, 6.07) is 0.128. The number of rotatable bonds is 5. The molecular formula is C14H26N2O2S. The third-order valence-electron chi connectivity index (χ3n) is 3.59. The van der Waals surface area contributed by atoms with E-state index in [0.717, 1.165) is 19.4 Å². The lowest BCUT2D eigenvalue weighted by Gasteiger charge is -2.33. The summed E-state index contributed by atoms with van der Waals surface area (Å²) in [5.41, 5.74) is 0. The minimum absolute atomic E-state index is 0.0119. The van der Waals surface area contributed by atoms with E-state index in [0.29, 0.717) is 23.5 Å². The van der Waals surface area contributed by atoms with Gasteiger partial charge in [-0.25, -0.2) is 0 Å². The van der Waals surface area contributed by atoms with Gasteiger partial charge in [-0.3, -0.25) is 9.59 Å². The second-order valence-electron chi connectivity index (χ2n) is 5.64. The minimum atomic E-state index is -0.0119. The number of hydrogen-bond acceptors (Lipinski definition) is 3. The highest BCUT2D eigenvalue weighted by molar-refractivity contribution is 8.00. The van der Waals surface area contributed by atoms with Gasteiger partial charge in [0.15, 0.2) is 0 Å². The van der Waals surface area contributed by atoms with Gasteiger partial charge < -0.3 is 10.2 Å². The number of carbonyl (C=O) groups excluding carboxylic acids is 2. The van der Waals surface area contributed by atoms with Gasteiger partial charge in [0.2, 0.25) is 11.8 Å². The van der Waals surface area contributed by atoms with Gasteiger partial charge in [-0.05, 0) is 18.8 Å². The van der Waals surface area contributed by atoms with E-state index in [1.54, 1.807) is 11.8 Å². The van der Waals surface area contributed by atoms with E-state index in [1.165, 1.54) is 6.92 Å². The lowest BCUT2D eigenvalue weighted by molar-refractivity contribution is -0.130. The number of carbonyl (C=O) groups is 2. The molecule has 0 unspecified atom stereocenters. The smallest absolute Gasteiger partial charge is 0.232 e. The molecule has 1 fully saturated rings. The predicted octanol–water partition coefficient (Wildman–Crippen LogP) is 1.89. The molecule has 1 aliphatic rings. The van der Waals surface area contributed by atoms with Gasteiger partial charge in [0, 0.05) is 31.3 Å². The average Bonchev–Trinajstić information content (AvgIpc) is 2.34. The molecule has 5 heteroatoms. The van der Waals surface area contributed by atoms with Crippen molar-refractivity contribution >= 4 is 23.6 Å². The maximum atomic E-state index is 12.1. The summed E-state index contributed by atoms with van der Waals surface area (Å²) in [4.78, 5) is 25.1. The van der Waals surface area contributed by atoms with E-state index in [9.17, 15) is 9.59 Å². The first-order valence-electron chi connectivity index (χ1n) is 7.06. The number of likely N-dealkylation sites (tertiary alicyclic amines) is 1. The molecule has 0 saturated carbocycles. The van der Waals surface area contributed by atoms with Crippen LogP contribution < -0.4 is 5.32 Å². The normalized spacial score (nSPS) is 21.3. The Kier molecular flexibility index (Phi) is 6.69. The van der Waals surface area contributed by atoms with Gasteiger partial charge >= 0.3 is 0 Å². The molecule has 0 radical (unpaired) electrons. The van der Waals surface area contributed by atoms with Gasteiger partial charge in [-0.1, -0.05) is 20.8 Å². The number of piperidine rings is 1. The molecule has 4 nitrogen and oxygen atoms in total. The number of thioether (sulfide) groups is 1. The third-order valence-corrected chi connectivity index (χ3v) is 5.07. The molecule has 1 rings (SSSR count). The van der Waals surface area contributed by atoms with Crippen LogP contribution in [0.15, 0.2) is 0 Å². The molecule has 2 amide bonds. The summed E-state index contributed by atoms with van der Waals surface area (Å²) in [5, 5.41) is 3.41. The Morgan fingerprint density at radius 2 is 2.05 bits per heavy atom. The van der Waals surface area contributed by atoms with E-state index in [4.69, 9.17) is 0 Å². The quantitative estimate of drug-likeness (QED) is 0.839. The Morgan fingerprint density at radius 1 is 1.37 bits per heavy atom. The molecule has 1 aliphatic heterocycles. The molecule has 1 heterocycles. The van der Waals surface area contributed by atoms with Gasteiger partial charge in [0.25, 0.3) is 0 Å². The van der Waals surface area contributed by atoms with Crippen LogP contribution in [0.4, 0.5) is 0 Å². The summed E-state index contributed by atoms with van der Waals surface area (Å²) in [6.45, 7) is 9.53. The number of amides is 2. The van der Waals surface area contributed by atoms with Crippen LogP contribution in [0.2, 0.25) is 0 Å². The van der Waals surface area contributed by atoms with Crippen molar-refractivity contribution in [3.8, 4) is 0 Å². The first kappa shape index (κ1) is 16.3. The zero-order valence-corrected chi connectivity index (χ0v) is 13.3. The van der Waals surface area contributed by atoms with E-state index in [2.05, 4.69) is 26.1 Å². The van der Waals surface area contributed by atoms with Crippen molar-refractivity contribution in [2.75, 3.05) is 18.8 Å². The van der Waals surface area contributed by atoms with Crippen LogP contribution in [-0.4, -0.2) is 46.8 Å². The summed E-state index contributed by atoms with van der Waals surface area (Å²) in [7, 11) is 0. The SMILES string of the molecule is CC(=O)N[C@@H]1CCCN(C(=O)CS[C@@H](C)C(C)C)C1. The van der Waals surface area contributed by atoms with Crippen molar-refractivity contribution in [1.29, 1.82) is 0 Å². The van der Waals surface area contributed by atoms with Gasteiger partial charge in [0.05, 0.1) is 5.75 Å². The van der Waals surface area contributed by atoms with Crippen molar-refractivity contribution < 1.29 is 9.59 Å².